The van der Waals surface area contributed by atoms with Gasteiger partial charge in [-0.15, -0.1) is 0 Å². The molecule has 10 aromatic rings. The maximum Gasteiger partial charge on any atom is 0.179 e. The Kier molecular flexibility index (Phi) is 11.0. The van der Waals surface area contributed by atoms with Crippen LogP contribution in [0, 0.1) is 5.82 Å². The lowest BCUT2D eigenvalue weighted by Crippen LogP contribution is -2.74. The van der Waals surface area contributed by atoms with Gasteiger partial charge in [-0.25, -0.2) is 4.39 Å². The highest BCUT2D eigenvalue weighted by Gasteiger charge is 2.41. The molecule has 0 fully saturated rings. The summed E-state index contributed by atoms with van der Waals surface area (Å²) in [6.07, 6.45) is 0. The van der Waals surface area contributed by atoms with Crippen molar-refractivity contribution in [1.29, 1.82) is 0 Å². The van der Waals surface area contributed by atoms with Crippen molar-refractivity contribution in [2.24, 2.45) is 0 Å². The van der Waals surface area contributed by atoms with Crippen molar-refractivity contribution >= 4 is 45.9 Å². The standard InChI is InChI=1S/C60H44FNSi/c61-53-32-42-60(43-33-53)63(57-20-9-3-10-21-57,58-22-11-4-12-23-58)59-40-30-49(31-41-59)48-26-36-55(37-27-48)62(54-34-24-47(25-35-54)45-14-5-1-6-15-45)56-38-28-50(29-39-56)52-19-13-18-51(44-52)46-16-7-2-8-17-46/h1-44H. The topological polar surface area (TPSA) is 3.24 Å². The van der Waals surface area contributed by atoms with Crippen LogP contribution in [0.3, 0.4) is 0 Å². The van der Waals surface area contributed by atoms with Crippen LogP contribution in [-0.4, -0.2) is 8.07 Å². The molecule has 0 aliphatic rings. The Balaban J connectivity index is 1.00. The molecule has 300 valence electrons. The average Bonchev–Trinajstić information content (AvgIpc) is 3.37. The molecule has 1 nitrogen and oxygen atoms in total. The van der Waals surface area contributed by atoms with Gasteiger partial charge in [0.15, 0.2) is 8.07 Å². The second-order valence-corrected chi connectivity index (χ2v) is 19.7. The van der Waals surface area contributed by atoms with Gasteiger partial charge in [-0.2, -0.15) is 0 Å². The van der Waals surface area contributed by atoms with E-state index in [9.17, 15) is 4.39 Å². The van der Waals surface area contributed by atoms with Crippen molar-refractivity contribution in [1.82, 2.24) is 0 Å². The predicted molar refractivity (Wildman–Crippen MR) is 266 cm³/mol. The zero-order valence-electron chi connectivity index (χ0n) is 34.7. The second kappa shape index (κ2) is 17.6. The minimum atomic E-state index is -2.79. The highest BCUT2D eigenvalue weighted by Crippen LogP contribution is 2.38. The highest BCUT2D eigenvalue weighted by atomic mass is 28.3. The van der Waals surface area contributed by atoms with Crippen LogP contribution in [0.2, 0.25) is 0 Å². The largest absolute Gasteiger partial charge is 0.311 e. The summed E-state index contributed by atoms with van der Waals surface area (Å²) in [4.78, 5) is 2.33. The van der Waals surface area contributed by atoms with E-state index in [1.54, 1.807) is 12.1 Å². The van der Waals surface area contributed by atoms with E-state index in [1.807, 2.05) is 12.1 Å². The minimum absolute atomic E-state index is 0.230. The first-order chi connectivity index (χ1) is 31.1. The van der Waals surface area contributed by atoms with E-state index in [1.165, 1.54) is 48.9 Å². The van der Waals surface area contributed by atoms with Gasteiger partial charge in [0, 0.05) is 17.1 Å². The smallest absolute Gasteiger partial charge is 0.179 e. The molecule has 10 rings (SSSR count). The minimum Gasteiger partial charge on any atom is -0.311 e. The maximum atomic E-state index is 14.4. The molecule has 0 aromatic heterocycles. The lowest BCUT2D eigenvalue weighted by molar-refractivity contribution is 0.628. The van der Waals surface area contributed by atoms with Gasteiger partial charge in [0.1, 0.15) is 5.82 Å². The van der Waals surface area contributed by atoms with Crippen LogP contribution in [-0.2, 0) is 0 Å². The third kappa shape index (κ3) is 7.94. The summed E-state index contributed by atoms with van der Waals surface area (Å²) < 4.78 is 14.4. The van der Waals surface area contributed by atoms with Crippen molar-refractivity contribution in [3.8, 4) is 44.5 Å². The molecule has 0 heterocycles. The Morgan fingerprint density at radius 2 is 0.508 bits per heavy atom. The van der Waals surface area contributed by atoms with Gasteiger partial charge in [0.25, 0.3) is 0 Å². The molecule has 63 heavy (non-hydrogen) atoms. The summed E-state index contributed by atoms with van der Waals surface area (Å²) >= 11 is 0. The van der Waals surface area contributed by atoms with Gasteiger partial charge in [0.05, 0.1) is 0 Å². The zero-order valence-corrected chi connectivity index (χ0v) is 35.7. The van der Waals surface area contributed by atoms with Crippen molar-refractivity contribution < 1.29 is 4.39 Å². The Labute approximate surface area is 370 Å². The molecule has 0 saturated carbocycles. The second-order valence-electron chi connectivity index (χ2n) is 15.9. The van der Waals surface area contributed by atoms with Crippen LogP contribution in [0.1, 0.15) is 0 Å². The fourth-order valence-corrected chi connectivity index (χ4v) is 13.7. The van der Waals surface area contributed by atoms with Crippen molar-refractivity contribution in [2.75, 3.05) is 4.90 Å². The fourth-order valence-electron chi connectivity index (χ4n) is 8.98. The molecule has 0 amide bonds. The first-order valence-electron chi connectivity index (χ1n) is 21.4. The van der Waals surface area contributed by atoms with Crippen molar-refractivity contribution in [3.05, 3.63) is 273 Å². The van der Waals surface area contributed by atoms with Crippen LogP contribution < -0.4 is 25.6 Å². The molecule has 0 bridgehead atoms. The van der Waals surface area contributed by atoms with Crippen LogP contribution in [0.4, 0.5) is 21.5 Å². The zero-order chi connectivity index (χ0) is 42.4. The normalized spacial score (nSPS) is 11.3. The Morgan fingerprint density at radius 3 is 0.905 bits per heavy atom. The van der Waals surface area contributed by atoms with Crippen LogP contribution in [0.25, 0.3) is 44.5 Å². The molecule has 0 aliphatic carbocycles. The van der Waals surface area contributed by atoms with Gasteiger partial charge in [-0.05, 0) is 120 Å². The summed E-state index contributed by atoms with van der Waals surface area (Å²) in [5, 5.41) is 4.90. The first-order valence-corrected chi connectivity index (χ1v) is 23.4. The summed E-state index contributed by atoms with van der Waals surface area (Å²) in [6.45, 7) is 0. The van der Waals surface area contributed by atoms with Crippen LogP contribution >= 0.6 is 0 Å². The number of rotatable bonds is 11. The van der Waals surface area contributed by atoms with E-state index < -0.39 is 8.07 Å². The lowest BCUT2D eigenvalue weighted by atomic mass is 9.99. The van der Waals surface area contributed by atoms with Crippen LogP contribution in [0.15, 0.2) is 267 Å². The molecular formula is C60H44FNSi. The van der Waals surface area contributed by atoms with Crippen molar-refractivity contribution in [3.63, 3.8) is 0 Å². The summed E-state index contributed by atoms with van der Waals surface area (Å²) in [5.41, 5.74) is 12.6. The van der Waals surface area contributed by atoms with Gasteiger partial charge in [0.2, 0.25) is 0 Å². The summed E-state index contributed by atoms with van der Waals surface area (Å²) in [5.74, 6) is -0.230. The molecular weight excluding hydrogens is 782 g/mol. The number of halogens is 1. The molecule has 0 atom stereocenters. The summed E-state index contributed by atoms with van der Waals surface area (Å²) in [6, 6.07) is 94.1. The van der Waals surface area contributed by atoms with Gasteiger partial charge in [-0.3, -0.25) is 0 Å². The molecule has 0 radical (unpaired) electrons. The predicted octanol–water partition coefficient (Wildman–Crippen LogP) is 13.3. The van der Waals surface area contributed by atoms with Gasteiger partial charge in [-0.1, -0.05) is 212 Å². The molecule has 10 aromatic carbocycles. The SMILES string of the molecule is Fc1ccc([Si](c2ccccc2)(c2ccccc2)c2ccc(-c3ccc(N(c4ccc(-c5ccccc5)cc4)c4ccc(-c5cccc(-c6ccccc6)c5)cc4)cc3)cc2)cc1. The highest BCUT2D eigenvalue weighted by molar-refractivity contribution is 7.19. The average molecular weight is 826 g/mol. The summed E-state index contributed by atoms with van der Waals surface area (Å²) in [7, 11) is -2.79. The third-order valence-corrected chi connectivity index (χ3v) is 16.9. The third-order valence-electron chi connectivity index (χ3n) is 12.1. The van der Waals surface area contributed by atoms with E-state index in [0.717, 1.165) is 33.4 Å². The van der Waals surface area contributed by atoms with E-state index in [2.05, 4.69) is 248 Å². The molecule has 0 saturated heterocycles. The molecule has 0 unspecified atom stereocenters. The Bertz CT molecular complexity index is 3010. The van der Waals surface area contributed by atoms with E-state index >= 15 is 0 Å². The van der Waals surface area contributed by atoms with Gasteiger partial charge < -0.3 is 4.90 Å². The van der Waals surface area contributed by atoms with Crippen LogP contribution in [0.5, 0.6) is 0 Å². The van der Waals surface area contributed by atoms with Gasteiger partial charge >= 0.3 is 0 Å². The molecule has 0 N–H and O–H groups in total. The van der Waals surface area contributed by atoms with E-state index in [0.29, 0.717) is 0 Å². The molecule has 3 heteroatoms. The lowest BCUT2D eigenvalue weighted by Gasteiger charge is -2.34. The fraction of sp³-hybridized carbons (Fsp3) is 0. The quantitative estimate of drug-likeness (QED) is 0.0928. The monoisotopic (exact) mass is 825 g/mol. The molecule has 0 aliphatic heterocycles. The Hall–Kier alpha value is -7.85. The number of anilines is 3. The number of hydrogen-bond acceptors (Lipinski definition) is 1. The van der Waals surface area contributed by atoms with E-state index in [-0.39, 0.29) is 5.82 Å². The molecule has 0 spiro atoms. The number of hydrogen-bond donors (Lipinski definition) is 0. The first kappa shape index (κ1) is 39.3. The number of nitrogens with zero attached hydrogens (tertiary/aromatic N) is 1. The van der Waals surface area contributed by atoms with Crippen molar-refractivity contribution in [2.45, 2.75) is 0 Å². The maximum absolute atomic E-state index is 14.4. The number of benzene rings is 10. The van der Waals surface area contributed by atoms with E-state index in [4.69, 9.17) is 0 Å². The Morgan fingerprint density at radius 1 is 0.238 bits per heavy atom.